The van der Waals surface area contributed by atoms with Gasteiger partial charge in [0.05, 0.1) is 17.9 Å². The zero-order chi connectivity index (χ0) is 11.7. The van der Waals surface area contributed by atoms with Crippen LogP contribution < -0.4 is 5.32 Å². The third-order valence-electron chi connectivity index (χ3n) is 3.14. The van der Waals surface area contributed by atoms with E-state index in [-0.39, 0.29) is 0 Å². The van der Waals surface area contributed by atoms with Gasteiger partial charge in [-0.3, -0.25) is 0 Å². The van der Waals surface area contributed by atoms with Gasteiger partial charge in [-0.2, -0.15) is 0 Å². The fourth-order valence-electron chi connectivity index (χ4n) is 2.21. The highest BCUT2D eigenvalue weighted by atomic mass is 79.9. The SMILES string of the molecule is Brc1ccc(-c2cnc([C@H]3CCCN3)[nH]2)cc1. The smallest absolute Gasteiger partial charge is 0.123 e. The van der Waals surface area contributed by atoms with Gasteiger partial charge in [-0.1, -0.05) is 28.1 Å². The van der Waals surface area contributed by atoms with E-state index in [4.69, 9.17) is 0 Å². The molecule has 1 atom stereocenters. The van der Waals surface area contributed by atoms with Crippen molar-refractivity contribution in [2.24, 2.45) is 0 Å². The summed E-state index contributed by atoms with van der Waals surface area (Å²) in [6.45, 7) is 1.10. The van der Waals surface area contributed by atoms with Crippen LogP contribution in [0.25, 0.3) is 11.3 Å². The summed E-state index contributed by atoms with van der Waals surface area (Å²) in [4.78, 5) is 7.87. The van der Waals surface area contributed by atoms with Gasteiger partial charge in [0, 0.05) is 4.47 Å². The summed E-state index contributed by atoms with van der Waals surface area (Å²) in [6.07, 6.45) is 4.32. The molecule has 1 aromatic carbocycles. The Morgan fingerprint density at radius 1 is 1.24 bits per heavy atom. The molecule has 1 saturated heterocycles. The minimum absolute atomic E-state index is 0.402. The number of aromatic amines is 1. The van der Waals surface area contributed by atoms with E-state index < -0.39 is 0 Å². The van der Waals surface area contributed by atoms with Crippen LogP contribution in [0.15, 0.2) is 34.9 Å². The molecule has 0 amide bonds. The summed E-state index contributed by atoms with van der Waals surface area (Å²) in [5.74, 6) is 1.06. The van der Waals surface area contributed by atoms with Gasteiger partial charge in [0.1, 0.15) is 5.82 Å². The summed E-state index contributed by atoms with van der Waals surface area (Å²) >= 11 is 3.44. The number of hydrogen-bond acceptors (Lipinski definition) is 2. The van der Waals surface area contributed by atoms with Crippen LogP contribution in [0.2, 0.25) is 0 Å². The van der Waals surface area contributed by atoms with Crippen molar-refractivity contribution in [3.8, 4) is 11.3 Å². The van der Waals surface area contributed by atoms with Crippen LogP contribution in [-0.4, -0.2) is 16.5 Å². The number of benzene rings is 1. The molecule has 3 nitrogen and oxygen atoms in total. The first kappa shape index (κ1) is 11.0. The Labute approximate surface area is 109 Å². The number of nitrogens with one attached hydrogen (secondary N) is 2. The van der Waals surface area contributed by atoms with E-state index in [1.165, 1.54) is 18.4 Å². The molecular weight excluding hydrogens is 278 g/mol. The summed E-state index contributed by atoms with van der Waals surface area (Å²) in [6, 6.07) is 8.67. The second-order valence-corrected chi connectivity index (χ2v) is 5.25. The first-order chi connectivity index (χ1) is 8.33. The molecule has 0 radical (unpaired) electrons. The Kier molecular flexibility index (Phi) is 2.99. The molecule has 1 aliphatic heterocycles. The van der Waals surface area contributed by atoms with Crippen LogP contribution in [0.3, 0.4) is 0 Å². The molecule has 4 heteroatoms. The van der Waals surface area contributed by atoms with Crippen molar-refractivity contribution in [2.45, 2.75) is 18.9 Å². The number of hydrogen-bond donors (Lipinski definition) is 2. The van der Waals surface area contributed by atoms with E-state index in [1.54, 1.807) is 0 Å². The number of rotatable bonds is 2. The first-order valence-electron chi connectivity index (χ1n) is 5.87. The molecule has 0 aliphatic carbocycles. The zero-order valence-corrected chi connectivity index (χ0v) is 11.0. The van der Waals surface area contributed by atoms with Crippen molar-refractivity contribution >= 4 is 15.9 Å². The predicted octanol–water partition coefficient (Wildman–Crippen LogP) is 3.26. The largest absolute Gasteiger partial charge is 0.341 e. The van der Waals surface area contributed by atoms with Crippen molar-refractivity contribution in [3.63, 3.8) is 0 Å². The predicted molar refractivity (Wildman–Crippen MR) is 71.7 cm³/mol. The van der Waals surface area contributed by atoms with Crippen LogP contribution in [0.5, 0.6) is 0 Å². The lowest BCUT2D eigenvalue weighted by Crippen LogP contribution is -2.14. The van der Waals surface area contributed by atoms with Crippen molar-refractivity contribution in [1.29, 1.82) is 0 Å². The van der Waals surface area contributed by atoms with Gasteiger partial charge in [-0.15, -0.1) is 0 Å². The van der Waals surface area contributed by atoms with E-state index in [1.807, 2.05) is 18.3 Å². The molecule has 0 saturated carbocycles. The number of H-pyrrole nitrogens is 1. The molecule has 0 unspecified atom stereocenters. The quantitative estimate of drug-likeness (QED) is 0.892. The van der Waals surface area contributed by atoms with Gasteiger partial charge >= 0.3 is 0 Å². The Balaban J connectivity index is 1.86. The standard InChI is InChI=1S/C13H14BrN3/c14-10-5-3-9(4-6-10)12-8-16-13(17-12)11-2-1-7-15-11/h3-6,8,11,15H,1-2,7H2,(H,16,17)/t11-/m1/s1. The lowest BCUT2D eigenvalue weighted by atomic mass is 10.2. The second kappa shape index (κ2) is 4.63. The molecule has 3 rings (SSSR count). The average Bonchev–Trinajstić information content (AvgIpc) is 3.00. The fraction of sp³-hybridized carbons (Fsp3) is 0.308. The summed E-state index contributed by atoms with van der Waals surface area (Å²) in [5, 5.41) is 3.45. The molecule has 2 N–H and O–H groups in total. The molecule has 1 aromatic heterocycles. The number of nitrogens with zero attached hydrogens (tertiary/aromatic N) is 1. The van der Waals surface area contributed by atoms with E-state index in [0.29, 0.717) is 6.04 Å². The first-order valence-corrected chi connectivity index (χ1v) is 6.66. The maximum absolute atomic E-state index is 4.47. The molecule has 88 valence electrons. The Hall–Kier alpha value is -1.13. The van der Waals surface area contributed by atoms with E-state index in [2.05, 4.69) is 43.3 Å². The molecule has 17 heavy (non-hydrogen) atoms. The van der Waals surface area contributed by atoms with Crippen LogP contribution in [0, 0.1) is 0 Å². The van der Waals surface area contributed by atoms with E-state index in [9.17, 15) is 0 Å². The van der Waals surface area contributed by atoms with Gasteiger partial charge in [-0.25, -0.2) is 4.98 Å². The highest BCUT2D eigenvalue weighted by Gasteiger charge is 2.19. The zero-order valence-electron chi connectivity index (χ0n) is 9.41. The van der Waals surface area contributed by atoms with Crippen LogP contribution >= 0.6 is 15.9 Å². The van der Waals surface area contributed by atoms with Crippen molar-refractivity contribution in [1.82, 2.24) is 15.3 Å². The highest BCUT2D eigenvalue weighted by Crippen LogP contribution is 2.24. The Morgan fingerprint density at radius 3 is 2.76 bits per heavy atom. The van der Waals surface area contributed by atoms with Gasteiger partial charge in [0.15, 0.2) is 0 Å². The lowest BCUT2D eigenvalue weighted by Gasteiger charge is -2.05. The highest BCUT2D eigenvalue weighted by molar-refractivity contribution is 9.10. The van der Waals surface area contributed by atoms with E-state index in [0.717, 1.165) is 22.5 Å². The minimum atomic E-state index is 0.402. The van der Waals surface area contributed by atoms with Gasteiger partial charge in [-0.05, 0) is 37.1 Å². The molecule has 2 aromatic rings. The number of halogens is 1. The molecular formula is C13H14BrN3. The Bertz CT molecular complexity index is 498. The molecule has 0 spiro atoms. The second-order valence-electron chi connectivity index (χ2n) is 4.34. The fourth-order valence-corrected chi connectivity index (χ4v) is 2.47. The molecule has 0 bridgehead atoms. The van der Waals surface area contributed by atoms with Crippen molar-refractivity contribution < 1.29 is 0 Å². The van der Waals surface area contributed by atoms with Crippen molar-refractivity contribution in [2.75, 3.05) is 6.54 Å². The lowest BCUT2D eigenvalue weighted by molar-refractivity contribution is 0.613. The van der Waals surface area contributed by atoms with Crippen LogP contribution in [0.4, 0.5) is 0 Å². The third-order valence-corrected chi connectivity index (χ3v) is 3.67. The van der Waals surface area contributed by atoms with Crippen LogP contribution in [-0.2, 0) is 0 Å². The number of imidazole rings is 1. The topological polar surface area (TPSA) is 40.7 Å². The molecule has 2 heterocycles. The maximum atomic E-state index is 4.47. The summed E-state index contributed by atoms with van der Waals surface area (Å²) < 4.78 is 1.10. The van der Waals surface area contributed by atoms with Crippen molar-refractivity contribution in [3.05, 3.63) is 40.8 Å². The number of aromatic nitrogens is 2. The third kappa shape index (κ3) is 2.28. The Morgan fingerprint density at radius 2 is 2.06 bits per heavy atom. The normalized spacial score (nSPS) is 19.7. The minimum Gasteiger partial charge on any atom is -0.341 e. The summed E-state index contributed by atoms with van der Waals surface area (Å²) in [5.41, 5.74) is 2.26. The monoisotopic (exact) mass is 291 g/mol. The molecule has 1 aliphatic rings. The van der Waals surface area contributed by atoms with Gasteiger partial charge in [0.25, 0.3) is 0 Å². The summed E-state index contributed by atoms with van der Waals surface area (Å²) in [7, 11) is 0. The van der Waals surface area contributed by atoms with Crippen LogP contribution in [0.1, 0.15) is 24.7 Å². The molecule has 1 fully saturated rings. The average molecular weight is 292 g/mol. The van der Waals surface area contributed by atoms with Gasteiger partial charge < -0.3 is 10.3 Å². The maximum Gasteiger partial charge on any atom is 0.123 e. The van der Waals surface area contributed by atoms with E-state index >= 15 is 0 Å². The van der Waals surface area contributed by atoms with Gasteiger partial charge in [0.2, 0.25) is 0 Å².